The van der Waals surface area contributed by atoms with Crippen LogP contribution < -0.4 is 16.0 Å². The molecule has 0 aliphatic rings. The summed E-state index contributed by atoms with van der Waals surface area (Å²) in [6.07, 6.45) is -2.37. The first-order valence-corrected chi connectivity index (χ1v) is 19.9. The van der Waals surface area contributed by atoms with E-state index >= 15 is 0 Å². The van der Waals surface area contributed by atoms with E-state index in [1.807, 2.05) is 0 Å². The monoisotopic (exact) mass is 857 g/mol. The van der Waals surface area contributed by atoms with Crippen LogP contribution in [0.1, 0.15) is 58.1 Å². The molecule has 0 spiro atoms. The second-order valence-corrected chi connectivity index (χ2v) is 15.6. The lowest BCUT2D eigenvalue weighted by Crippen LogP contribution is -2.48. The predicted molar refractivity (Wildman–Crippen MR) is 214 cm³/mol. The van der Waals surface area contributed by atoms with Crippen molar-refractivity contribution in [3.8, 4) is 0 Å². The Balaban J connectivity index is 1.83. The van der Waals surface area contributed by atoms with Crippen LogP contribution in [0, 0.1) is 20.2 Å². The van der Waals surface area contributed by atoms with Crippen molar-refractivity contribution in [1.29, 1.82) is 0 Å². The first-order valence-electron chi connectivity index (χ1n) is 18.5. The van der Waals surface area contributed by atoms with E-state index in [1.165, 1.54) is 6.92 Å². The molecule has 1 atom stereocenters. The van der Waals surface area contributed by atoms with Crippen LogP contribution >= 0.6 is 0 Å². The summed E-state index contributed by atoms with van der Waals surface area (Å²) in [6, 6.07) is 18.5. The van der Waals surface area contributed by atoms with E-state index in [-0.39, 0.29) is 51.6 Å². The average molecular weight is 858 g/mol. The summed E-state index contributed by atoms with van der Waals surface area (Å²) in [5, 5.41) is 30.5. The highest BCUT2D eigenvalue weighted by Crippen LogP contribution is 2.31. The molecule has 0 saturated heterocycles. The van der Waals surface area contributed by atoms with Crippen molar-refractivity contribution in [3.63, 3.8) is 0 Å². The third-order valence-corrected chi connectivity index (χ3v) is 9.68. The molecule has 0 aromatic heterocycles. The summed E-state index contributed by atoms with van der Waals surface area (Å²) < 4.78 is 49.4. The zero-order valence-corrected chi connectivity index (χ0v) is 34.2. The number of guanidine groups is 1. The van der Waals surface area contributed by atoms with Crippen LogP contribution in [0.2, 0.25) is 0 Å². The van der Waals surface area contributed by atoms with Crippen molar-refractivity contribution < 1.29 is 56.4 Å². The molecule has 21 nitrogen and oxygen atoms in total. The molecule has 0 radical (unpaired) electrons. The second-order valence-electron chi connectivity index (χ2n) is 13.7. The number of benzene rings is 3. The molecule has 3 aromatic carbocycles. The van der Waals surface area contributed by atoms with E-state index < -0.39 is 85.1 Å². The molecule has 0 saturated carbocycles. The van der Waals surface area contributed by atoms with E-state index in [0.29, 0.717) is 27.6 Å². The maximum absolute atomic E-state index is 14.0. The zero-order chi connectivity index (χ0) is 44.3. The number of nitrogens with zero attached hydrogens (tertiary/aromatic N) is 4. The van der Waals surface area contributed by atoms with Crippen LogP contribution in [0.15, 0.2) is 88.8 Å². The van der Waals surface area contributed by atoms with Gasteiger partial charge in [-0.2, -0.15) is 4.31 Å². The molecule has 22 heteroatoms. The number of amides is 3. The van der Waals surface area contributed by atoms with Crippen molar-refractivity contribution >= 4 is 51.6 Å². The molecule has 3 aromatic rings. The zero-order valence-electron chi connectivity index (χ0n) is 33.4. The standard InChI is InChI=1S/C38H47N7O14S/c1-5-56-33(46)24-43(60(54,55)32-20-19-30(44(50)51)22-31(32)45(52)53)23-29(40-37(49)59-38(2,3)4)18-12-13-21-39-34(41-35(47)57-25-27-14-8-6-9-15-27)42-36(48)58-26-28-16-10-7-11-17-28/h6-11,14-17,19-20,22,29H,5,12-13,18,21,23-26H2,1-4H3,(H,40,49)(H2,39,41,42,47,48)/t29-/m0/s1. The first kappa shape index (κ1) is 47.7. The van der Waals surface area contributed by atoms with Crippen molar-refractivity contribution in [2.45, 2.75) is 76.7 Å². The number of hydrogen-bond donors (Lipinski definition) is 3. The van der Waals surface area contributed by atoms with E-state index in [1.54, 1.807) is 81.4 Å². The van der Waals surface area contributed by atoms with Gasteiger partial charge < -0.3 is 24.3 Å². The van der Waals surface area contributed by atoms with Gasteiger partial charge in [-0.3, -0.25) is 40.6 Å². The number of unbranched alkanes of at least 4 members (excludes halogenated alkanes) is 1. The molecule has 0 aliphatic carbocycles. The normalized spacial score (nSPS) is 11.7. The maximum atomic E-state index is 14.0. The summed E-state index contributed by atoms with van der Waals surface area (Å²) in [5.74, 6) is -1.32. The van der Waals surface area contributed by atoms with Gasteiger partial charge in [-0.05, 0) is 64.2 Å². The van der Waals surface area contributed by atoms with Crippen LogP contribution in [0.4, 0.5) is 25.8 Å². The number of sulfonamides is 1. The number of alkyl carbamates (subject to hydrolysis) is 3. The molecule has 3 amide bonds. The number of ether oxygens (including phenoxy) is 4. The largest absolute Gasteiger partial charge is 0.465 e. The summed E-state index contributed by atoms with van der Waals surface area (Å²) in [7, 11) is -4.96. The highest BCUT2D eigenvalue weighted by Gasteiger charge is 2.36. The molecule has 0 fully saturated rings. The highest BCUT2D eigenvalue weighted by atomic mass is 32.2. The summed E-state index contributed by atoms with van der Waals surface area (Å²) in [4.78, 5) is 75.4. The van der Waals surface area contributed by atoms with Gasteiger partial charge in [0.25, 0.3) is 21.4 Å². The molecular weight excluding hydrogens is 811 g/mol. The Morgan fingerprint density at radius 1 is 0.800 bits per heavy atom. The number of nitro groups is 2. The van der Waals surface area contributed by atoms with Crippen molar-refractivity contribution in [1.82, 2.24) is 20.3 Å². The van der Waals surface area contributed by atoms with E-state index in [4.69, 9.17) is 18.9 Å². The van der Waals surface area contributed by atoms with Gasteiger partial charge in [0.1, 0.15) is 25.4 Å². The van der Waals surface area contributed by atoms with Gasteiger partial charge in [-0.1, -0.05) is 60.7 Å². The Morgan fingerprint density at radius 3 is 1.87 bits per heavy atom. The third kappa shape index (κ3) is 16.7. The minimum atomic E-state index is -4.96. The minimum Gasteiger partial charge on any atom is -0.465 e. The highest BCUT2D eigenvalue weighted by molar-refractivity contribution is 7.89. The topological polar surface area (TPSA) is 277 Å². The molecule has 60 heavy (non-hydrogen) atoms. The van der Waals surface area contributed by atoms with Gasteiger partial charge in [-0.25, -0.2) is 22.8 Å². The predicted octanol–water partition coefficient (Wildman–Crippen LogP) is 5.33. The van der Waals surface area contributed by atoms with Crippen molar-refractivity contribution in [3.05, 3.63) is 110 Å². The van der Waals surface area contributed by atoms with Crippen molar-refractivity contribution in [2.24, 2.45) is 4.99 Å². The Morgan fingerprint density at radius 2 is 1.37 bits per heavy atom. The Hall–Kier alpha value is -6.68. The third-order valence-electron chi connectivity index (χ3n) is 7.82. The molecule has 0 aliphatic heterocycles. The van der Waals surface area contributed by atoms with Gasteiger partial charge in [0.05, 0.1) is 22.5 Å². The van der Waals surface area contributed by atoms with Crippen LogP contribution in [-0.2, 0) is 47.0 Å². The summed E-state index contributed by atoms with van der Waals surface area (Å²) in [5.41, 5.74) is -1.42. The number of rotatable bonds is 19. The maximum Gasteiger partial charge on any atom is 0.414 e. The lowest BCUT2D eigenvalue weighted by molar-refractivity contribution is -0.396. The van der Waals surface area contributed by atoms with Crippen LogP contribution in [-0.4, -0.2) is 90.7 Å². The molecule has 3 rings (SSSR count). The van der Waals surface area contributed by atoms with Crippen LogP contribution in [0.25, 0.3) is 0 Å². The van der Waals surface area contributed by atoms with Gasteiger partial charge >= 0.3 is 24.2 Å². The first-order chi connectivity index (χ1) is 28.4. The number of carbonyl (C=O) groups is 4. The minimum absolute atomic E-state index is 0.0143. The molecule has 0 heterocycles. The van der Waals surface area contributed by atoms with Gasteiger partial charge in [0, 0.05) is 25.2 Å². The second kappa shape index (κ2) is 23.0. The number of carbonyl (C=O) groups excluding carboxylic acids is 4. The van der Waals surface area contributed by atoms with Gasteiger partial charge in [0.15, 0.2) is 4.90 Å². The molecule has 0 bridgehead atoms. The fourth-order valence-electron chi connectivity index (χ4n) is 5.16. The smallest absolute Gasteiger partial charge is 0.414 e. The number of nitrogens with one attached hydrogen (secondary N) is 3. The number of non-ortho nitro benzene ring substituents is 1. The fourth-order valence-corrected chi connectivity index (χ4v) is 6.73. The molecule has 3 N–H and O–H groups in total. The Labute approximate surface area is 345 Å². The van der Waals surface area contributed by atoms with E-state index in [2.05, 4.69) is 20.9 Å². The number of nitro benzene ring substituents is 2. The quantitative estimate of drug-likeness (QED) is 0.0262. The Kier molecular flexibility index (Phi) is 18.3. The van der Waals surface area contributed by atoms with E-state index in [0.717, 1.165) is 6.07 Å². The average Bonchev–Trinajstić information content (AvgIpc) is 3.18. The number of esters is 1. The lowest BCUT2D eigenvalue weighted by Gasteiger charge is -2.28. The summed E-state index contributed by atoms with van der Waals surface area (Å²) in [6.45, 7) is 4.37. The van der Waals surface area contributed by atoms with Crippen molar-refractivity contribution in [2.75, 3.05) is 26.2 Å². The summed E-state index contributed by atoms with van der Waals surface area (Å²) >= 11 is 0. The number of hydrogen-bond acceptors (Lipinski definition) is 15. The van der Waals surface area contributed by atoms with Crippen LogP contribution in [0.3, 0.4) is 0 Å². The molecular formula is C38H47N7O14S. The van der Waals surface area contributed by atoms with E-state index in [9.17, 15) is 47.8 Å². The number of aliphatic imine (C=N–C) groups is 1. The van der Waals surface area contributed by atoms with Crippen LogP contribution in [0.5, 0.6) is 0 Å². The fraction of sp³-hybridized carbons (Fsp3) is 0.395. The molecule has 0 unspecified atom stereocenters. The van der Waals surface area contributed by atoms with Gasteiger partial charge in [0.2, 0.25) is 5.96 Å². The SMILES string of the molecule is CCOC(=O)CN(C[C@H](CCCCN=C(NC(=O)OCc1ccccc1)NC(=O)OCc1ccccc1)NC(=O)OC(C)(C)C)S(=O)(=O)c1ccc([N+](=O)[O-])cc1[N+](=O)[O-]. The Bertz CT molecular complexity index is 2040. The molecule has 324 valence electrons. The van der Waals surface area contributed by atoms with Gasteiger partial charge in [-0.15, -0.1) is 0 Å². The lowest BCUT2D eigenvalue weighted by atomic mass is 10.1.